The Morgan fingerprint density at radius 2 is 2.12 bits per heavy atom. The van der Waals surface area contributed by atoms with Crippen molar-refractivity contribution >= 4 is 16.7 Å². The van der Waals surface area contributed by atoms with Crippen LogP contribution >= 0.6 is 0 Å². The van der Waals surface area contributed by atoms with Crippen LogP contribution in [-0.4, -0.2) is 26.4 Å². The number of aryl methyl sites for hydroxylation is 1. The molecule has 1 atom stereocenters. The number of anilines is 1. The Morgan fingerprint density at radius 1 is 1.25 bits per heavy atom. The average molecular weight is 321 g/mol. The van der Waals surface area contributed by atoms with Gasteiger partial charge in [0.2, 0.25) is 0 Å². The van der Waals surface area contributed by atoms with Gasteiger partial charge >= 0.3 is 0 Å². The van der Waals surface area contributed by atoms with Gasteiger partial charge < -0.3 is 10.7 Å². The fourth-order valence-corrected chi connectivity index (χ4v) is 3.77. The van der Waals surface area contributed by atoms with Gasteiger partial charge in [-0.2, -0.15) is 0 Å². The minimum atomic E-state index is -0.162. The smallest absolute Gasteiger partial charge is 0.150 e. The van der Waals surface area contributed by atoms with Gasteiger partial charge in [-0.05, 0) is 56.3 Å². The number of nitrogens with one attached hydrogen (secondary N) is 1. The van der Waals surface area contributed by atoms with Crippen molar-refractivity contribution in [2.24, 2.45) is 0 Å². The van der Waals surface area contributed by atoms with E-state index < -0.39 is 0 Å². The van der Waals surface area contributed by atoms with Gasteiger partial charge in [-0.15, -0.1) is 0 Å². The van der Waals surface area contributed by atoms with Crippen LogP contribution in [0.5, 0.6) is 0 Å². The Hall–Kier alpha value is -2.40. The average Bonchev–Trinajstić information content (AvgIpc) is 3.14. The van der Waals surface area contributed by atoms with E-state index in [0.29, 0.717) is 5.82 Å². The third kappa shape index (κ3) is 2.55. The number of fused-ring (bicyclic) bond motifs is 1. The minimum Gasteiger partial charge on any atom is -0.384 e. The summed E-state index contributed by atoms with van der Waals surface area (Å²) in [5.41, 5.74) is 9.22. The summed E-state index contributed by atoms with van der Waals surface area (Å²) < 4.78 is 0. The normalized spacial score (nSPS) is 21.6. The Balaban J connectivity index is 1.66. The molecule has 3 heterocycles. The van der Waals surface area contributed by atoms with Crippen LogP contribution in [0.4, 0.5) is 5.82 Å². The van der Waals surface area contributed by atoms with Crippen molar-refractivity contribution in [1.82, 2.24) is 19.9 Å². The van der Waals surface area contributed by atoms with Gasteiger partial charge in [-0.3, -0.25) is 4.90 Å². The van der Waals surface area contributed by atoms with Crippen LogP contribution in [0.3, 0.4) is 0 Å². The monoisotopic (exact) mass is 321 g/mol. The van der Waals surface area contributed by atoms with E-state index in [9.17, 15) is 0 Å². The van der Waals surface area contributed by atoms with Crippen LogP contribution in [0.15, 0.2) is 36.5 Å². The van der Waals surface area contributed by atoms with Crippen molar-refractivity contribution in [2.45, 2.75) is 38.8 Å². The Labute approximate surface area is 141 Å². The number of nitrogens with two attached hydrogens (primary N) is 1. The molecule has 1 aromatic carbocycles. The first-order valence-corrected chi connectivity index (χ1v) is 8.47. The second-order valence-corrected chi connectivity index (χ2v) is 6.96. The van der Waals surface area contributed by atoms with Gasteiger partial charge in [0.25, 0.3) is 0 Å². The van der Waals surface area contributed by atoms with Gasteiger partial charge in [0.1, 0.15) is 5.82 Å². The van der Waals surface area contributed by atoms with Crippen molar-refractivity contribution in [2.75, 3.05) is 12.3 Å². The lowest BCUT2D eigenvalue weighted by Crippen LogP contribution is -2.39. The number of hydrogen-bond acceptors (Lipinski definition) is 4. The number of aromatic amines is 1. The molecule has 1 unspecified atom stereocenters. The molecule has 0 spiro atoms. The van der Waals surface area contributed by atoms with E-state index in [0.717, 1.165) is 37.4 Å². The zero-order chi connectivity index (χ0) is 16.7. The molecule has 0 radical (unpaired) electrons. The Bertz CT molecular complexity index is 864. The predicted octanol–water partition coefficient (Wildman–Crippen LogP) is 3.36. The Morgan fingerprint density at radius 3 is 2.96 bits per heavy atom. The fourth-order valence-electron chi connectivity index (χ4n) is 3.77. The SMILES string of the molecule is Cc1cc(N)nc(C2(C)CCCN2Cc2ccc3cc[nH]c3c2)n1. The first-order valence-electron chi connectivity index (χ1n) is 8.47. The molecule has 124 valence electrons. The maximum absolute atomic E-state index is 5.96. The van der Waals surface area contributed by atoms with Crippen molar-refractivity contribution in [1.29, 1.82) is 0 Å². The van der Waals surface area contributed by atoms with Crippen LogP contribution in [-0.2, 0) is 12.1 Å². The third-order valence-electron chi connectivity index (χ3n) is 5.14. The van der Waals surface area contributed by atoms with E-state index in [1.54, 1.807) is 0 Å². The molecule has 24 heavy (non-hydrogen) atoms. The first kappa shape index (κ1) is 15.1. The van der Waals surface area contributed by atoms with E-state index in [-0.39, 0.29) is 5.54 Å². The number of rotatable bonds is 3. The molecular formula is C19H23N5. The van der Waals surface area contributed by atoms with Gasteiger partial charge in [-0.25, -0.2) is 9.97 Å². The van der Waals surface area contributed by atoms with Crippen molar-refractivity contribution < 1.29 is 0 Å². The second-order valence-electron chi connectivity index (χ2n) is 6.96. The predicted molar refractivity (Wildman–Crippen MR) is 96.5 cm³/mol. The lowest BCUT2D eigenvalue weighted by atomic mass is 9.96. The molecule has 0 bridgehead atoms. The summed E-state index contributed by atoms with van der Waals surface area (Å²) in [5, 5.41) is 1.25. The zero-order valence-corrected chi connectivity index (χ0v) is 14.2. The molecule has 3 aromatic rings. The number of aromatic nitrogens is 3. The van der Waals surface area contributed by atoms with Crippen LogP contribution in [0, 0.1) is 6.92 Å². The summed E-state index contributed by atoms with van der Waals surface area (Å²) in [6, 6.07) is 10.5. The number of nitrogen functional groups attached to an aromatic ring is 1. The molecule has 2 aromatic heterocycles. The largest absolute Gasteiger partial charge is 0.384 e. The number of H-pyrrole nitrogens is 1. The maximum atomic E-state index is 5.96. The number of hydrogen-bond donors (Lipinski definition) is 2. The molecule has 0 amide bonds. The van der Waals surface area contributed by atoms with E-state index in [4.69, 9.17) is 5.73 Å². The fraction of sp³-hybridized carbons (Fsp3) is 0.368. The lowest BCUT2D eigenvalue weighted by Gasteiger charge is -2.34. The molecule has 3 N–H and O–H groups in total. The van der Waals surface area contributed by atoms with E-state index in [2.05, 4.69) is 51.0 Å². The standard InChI is InChI=1S/C19H23N5/c1-13-10-17(20)23-18(22-13)19(2)7-3-9-24(19)12-14-4-5-15-6-8-21-16(15)11-14/h4-6,8,10-11,21H,3,7,9,12H2,1-2H3,(H2,20,22,23). The highest BCUT2D eigenvalue weighted by Crippen LogP contribution is 2.38. The molecule has 4 rings (SSSR count). The van der Waals surface area contributed by atoms with Crippen LogP contribution in [0.1, 0.15) is 36.8 Å². The quantitative estimate of drug-likeness (QED) is 0.776. The van der Waals surface area contributed by atoms with E-state index >= 15 is 0 Å². The molecule has 5 nitrogen and oxygen atoms in total. The van der Waals surface area contributed by atoms with Gasteiger partial charge in [-0.1, -0.05) is 12.1 Å². The summed E-state index contributed by atoms with van der Waals surface area (Å²) in [6.07, 6.45) is 4.19. The van der Waals surface area contributed by atoms with E-state index in [1.807, 2.05) is 19.2 Å². The molecule has 0 saturated carbocycles. The minimum absolute atomic E-state index is 0.162. The molecule has 5 heteroatoms. The highest BCUT2D eigenvalue weighted by atomic mass is 15.2. The molecule has 1 aliphatic heterocycles. The molecular weight excluding hydrogens is 298 g/mol. The van der Waals surface area contributed by atoms with Crippen molar-refractivity contribution in [3.8, 4) is 0 Å². The van der Waals surface area contributed by atoms with Crippen molar-refractivity contribution in [3.05, 3.63) is 53.6 Å². The second kappa shape index (κ2) is 5.60. The summed E-state index contributed by atoms with van der Waals surface area (Å²) in [7, 11) is 0. The zero-order valence-electron chi connectivity index (χ0n) is 14.2. The summed E-state index contributed by atoms with van der Waals surface area (Å²) >= 11 is 0. The van der Waals surface area contributed by atoms with Crippen LogP contribution in [0.25, 0.3) is 10.9 Å². The van der Waals surface area contributed by atoms with Crippen molar-refractivity contribution in [3.63, 3.8) is 0 Å². The highest BCUT2D eigenvalue weighted by Gasteiger charge is 2.40. The molecule has 1 fully saturated rings. The summed E-state index contributed by atoms with van der Waals surface area (Å²) in [5.74, 6) is 1.40. The lowest BCUT2D eigenvalue weighted by molar-refractivity contribution is 0.138. The summed E-state index contributed by atoms with van der Waals surface area (Å²) in [6.45, 7) is 6.16. The topological polar surface area (TPSA) is 70.8 Å². The van der Waals surface area contributed by atoms with E-state index in [1.165, 1.54) is 16.5 Å². The first-order chi connectivity index (χ1) is 11.5. The summed E-state index contributed by atoms with van der Waals surface area (Å²) in [4.78, 5) is 15.0. The molecule has 1 saturated heterocycles. The van der Waals surface area contributed by atoms with Gasteiger partial charge in [0.15, 0.2) is 5.82 Å². The van der Waals surface area contributed by atoms with Gasteiger partial charge in [0, 0.05) is 30.0 Å². The number of likely N-dealkylation sites (tertiary alicyclic amines) is 1. The Kier molecular flexibility index (Phi) is 3.53. The molecule has 1 aliphatic rings. The number of nitrogens with zero attached hydrogens (tertiary/aromatic N) is 3. The number of benzene rings is 1. The van der Waals surface area contributed by atoms with Gasteiger partial charge in [0.05, 0.1) is 5.54 Å². The van der Waals surface area contributed by atoms with Crippen LogP contribution in [0.2, 0.25) is 0 Å². The molecule has 0 aliphatic carbocycles. The highest BCUT2D eigenvalue weighted by molar-refractivity contribution is 5.79. The maximum Gasteiger partial charge on any atom is 0.150 e. The third-order valence-corrected chi connectivity index (χ3v) is 5.14. The van der Waals surface area contributed by atoms with Crippen LogP contribution < -0.4 is 5.73 Å².